The van der Waals surface area contributed by atoms with Crippen LogP contribution in [-0.4, -0.2) is 12.1 Å². The van der Waals surface area contributed by atoms with Crippen LogP contribution in [0.5, 0.6) is 5.75 Å². The quantitative estimate of drug-likeness (QED) is 0.933. The fourth-order valence-corrected chi connectivity index (χ4v) is 2.03. The van der Waals surface area contributed by atoms with Crippen LogP contribution < -0.4 is 10.5 Å². The van der Waals surface area contributed by atoms with Crippen molar-refractivity contribution in [3.8, 4) is 11.8 Å². The molecule has 1 aromatic carbocycles. The average Bonchev–Trinajstić information content (AvgIpc) is 2.42. The van der Waals surface area contributed by atoms with E-state index in [-0.39, 0.29) is 0 Å². The summed E-state index contributed by atoms with van der Waals surface area (Å²) in [4.78, 5) is 4.18. The number of halogens is 1. The van der Waals surface area contributed by atoms with Gasteiger partial charge >= 0.3 is 0 Å². The molecule has 0 fully saturated rings. The molecule has 0 spiro atoms. The SMILES string of the molecule is COc1ccc(C(C#N)c2ccc(N)cn2)cc1Cl. The summed E-state index contributed by atoms with van der Waals surface area (Å²) in [6.07, 6.45) is 1.53. The monoisotopic (exact) mass is 273 g/mol. The van der Waals surface area contributed by atoms with Crippen molar-refractivity contribution >= 4 is 17.3 Å². The molecule has 0 saturated carbocycles. The molecule has 5 heteroatoms. The molecule has 0 bridgehead atoms. The highest BCUT2D eigenvalue weighted by Gasteiger charge is 2.16. The zero-order valence-corrected chi connectivity index (χ0v) is 11.1. The lowest BCUT2D eigenvalue weighted by Gasteiger charge is -2.11. The van der Waals surface area contributed by atoms with Crippen molar-refractivity contribution in [2.75, 3.05) is 12.8 Å². The highest BCUT2D eigenvalue weighted by Crippen LogP contribution is 2.30. The lowest BCUT2D eigenvalue weighted by Crippen LogP contribution is -2.02. The maximum atomic E-state index is 9.32. The van der Waals surface area contributed by atoms with E-state index < -0.39 is 5.92 Å². The van der Waals surface area contributed by atoms with Crippen LogP contribution >= 0.6 is 11.6 Å². The first-order valence-corrected chi connectivity index (χ1v) is 5.98. The topological polar surface area (TPSA) is 71.9 Å². The van der Waals surface area contributed by atoms with E-state index in [4.69, 9.17) is 22.1 Å². The first-order valence-electron chi connectivity index (χ1n) is 5.60. The highest BCUT2D eigenvalue weighted by atomic mass is 35.5. The molecule has 96 valence electrons. The molecule has 0 saturated heterocycles. The minimum Gasteiger partial charge on any atom is -0.495 e. The molecular formula is C14H12ClN3O. The van der Waals surface area contributed by atoms with Gasteiger partial charge in [-0.1, -0.05) is 17.7 Å². The first kappa shape index (κ1) is 13.2. The third-order valence-corrected chi connectivity index (χ3v) is 3.04. The molecule has 0 aliphatic heterocycles. The number of rotatable bonds is 3. The van der Waals surface area contributed by atoms with Crippen LogP contribution in [0.25, 0.3) is 0 Å². The van der Waals surface area contributed by atoms with Gasteiger partial charge in [-0.3, -0.25) is 4.98 Å². The number of pyridine rings is 1. The van der Waals surface area contributed by atoms with Gasteiger partial charge in [0, 0.05) is 0 Å². The van der Waals surface area contributed by atoms with Crippen LogP contribution in [0.15, 0.2) is 36.5 Å². The second-order valence-corrected chi connectivity index (χ2v) is 4.38. The van der Waals surface area contributed by atoms with Crippen LogP contribution in [0.3, 0.4) is 0 Å². The summed E-state index contributed by atoms with van der Waals surface area (Å²) in [5.41, 5.74) is 7.56. The fourth-order valence-electron chi connectivity index (χ4n) is 1.76. The molecule has 1 unspecified atom stereocenters. The smallest absolute Gasteiger partial charge is 0.137 e. The van der Waals surface area contributed by atoms with Gasteiger partial charge in [-0.15, -0.1) is 0 Å². The van der Waals surface area contributed by atoms with E-state index in [9.17, 15) is 5.26 Å². The van der Waals surface area contributed by atoms with Gasteiger partial charge < -0.3 is 10.5 Å². The van der Waals surface area contributed by atoms with Crippen molar-refractivity contribution in [1.29, 1.82) is 5.26 Å². The van der Waals surface area contributed by atoms with E-state index in [0.29, 0.717) is 22.2 Å². The van der Waals surface area contributed by atoms with Gasteiger partial charge in [0.2, 0.25) is 0 Å². The fraction of sp³-hybridized carbons (Fsp3) is 0.143. The van der Waals surface area contributed by atoms with Crippen LogP contribution in [0, 0.1) is 11.3 Å². The Morgan fingerprint density at radius 2 is 2.16 bits per heavy atom. The molecule has 2 N–H and O–H groups in total. The predicted molar refractivity (Wildman–Crippen MR) is 74.1 cm³/mol. The van der Waals surface area contributed by atoms with Gasteiger partial charge in [0.15, 0.2) is 0 Å². The lowest BCUT2D eigenvalue weighted by atomic mass is 9.96. The number of nitriles is 1. The minimum absolute atomic E-state index is 0.468. The Labute approximate surface area is 116 Å². The van der Waals surface area contributed by atoms with Crippen molar-refractivity contribution in [3.63, 3.8) is 0 Å². The molecule has 2 aromatic rings. The molecule has 2 rings (SSSR count). The normalized spacial score (nSPS) is 11.6. The van der Waals surface area contributed by atoms with Crippen LogP contribution in [-0.2, 0) is 0 Å². The van der Waals surface area contributed by atoms with Crippen LogP contribution in [0.2, 0.25) is 5.02 Å². The second kappa shape index (κ2) is 5.59. The molecule has 0 aliphatic carbocycles. The number of anilines is 1. The zero-order chi connectivity index (χ0) is 13.8. The molecule has 1 heterocycles. The molecule has 0 radical (unpaired) electrons. The van der Waals surface area contributed by atoms with Crippen molar-refractivity contribution in [2.45, 2.75) is 5.92 Å². The Morgan fingerprint density at radius 1 is 1.37 bits per heavy atom. The van der Waals surface area contributed by atoms with Gasteiger partial charge in [0.1, 0.15) is 11.7 Å². The number of nitrogens with two attached hydrogens (primary N) is 1. The number of aromatic nitrogens is 1. The standard InChI is InChI=1S/C14H12ClN3O/c1-19-14-5-2-9(6-12(14)15)11(7-16)13-4-3-10(17)8-18-13/h2-6,8,11H,17H2,1H3. The number of benzene rings is 1. The molecule has 0 amide bonds. The van der Waals surface area contributed by atoms with Crippen molar-refractivity contribution in [3.05, 3.63) is 52.8 Å². The van der Waals surface area contributed by atoms with Crippen molar-refractivity contribution in [2.24, 2.45) is 0 Å². The maximum absolute atomic E-state index is 9.32. The third kappa shape index (κ3) is 2.78. The Bertz CT molecular complexity index is 620. The Hall–Kier alpha value is -2.25. The van der Waals surface area contributed by atoms with Gasteiger partial charge in [-0.25, -0.2) is 0 Å². The molecule has 1 atom stereocenters. The number of ether oxygens (including phenoxy) is 1. The van der Waals surface area contributed by atoms with E-state index in [1.165, 1.54) is 6.20 Å². The van der Waals surface area contributed by atoms with E-state index in [1.807, 2.05) is 0 Å². The number of hydrogen-bond acceptors (Lipinski definition) is 4. The Balaban J connectivity index is 2.40. The van der Waals surface area contributed by atoms with E-state index >= 15 is 0 Å². The maximum Gasteiger partial charge on any atom is 0.137 e. The molecule has 1 aromatic heterocycles. The summed E-state index contributed by atoms with van der Waals surface area (Å²) in [5, 5.41) is 9.79. The molecule has 0 aliphatic rings. The largest absolute Gasteiger partial charge is 0.495 e. The van der Waals surface area contributed by atoms with Gasteiger partial charge in [0.05, 0.1) is 35.8 Å². The molecular weight excluding hydrogens is 262 g/mol. The first-order chi connectivity index (χ1) is 9.15. The lowest BCUT2D eigenvalue weighted by molar-refractivity contribution is 0.415. The van der Waals surface area contributed by atoms with Crippen molar-refractivity contribution < 1.29 is 4.74 Å². The van der Waals surface area contributed by atoms with Gasteiger partial charge in [-0.2, -0.15) is 5.26 Å². The van der Waals surface area contributed by atoms with E-state index in [0.717, 1.165) is 5.56 Å². The molecule has 19 heavy (non-hydrogen) atoms. The number of hydrogen-bond donors (Lipinski definition) is 1. The van der Waals surface area contributed by atoms with Crippen LogP contribution in [0.1, 0.15) is 17.2 Å². The summed E-state index contributed by atoms with van der Waals surface area (Å²) in [6.45, 7) is 0. The zero-order valence-electron chi connectivity index (χ0n) is 10.3. The average molecular weight is 274 g/mol. The Morgan fingerprint density at radius 3 is 2.68 bits per heavy atom. The van der Waals surface area contributed by atoms with Gasteiger partial charge in [0.25, 0.3) is 0 Å². The number of methoxy groups -OCH3 is 1. The summed E-state index contributed by atoms with van der Waals surface area (Å²) in [7, 11) is 1.55. The van der Waals surface area contributed by atoms with E-state index in [2.05, 4.69) is 11.1 Å². The summed E-state index contributed by atoms with van der Waals surface area (Å²) in [6, 6.07) is 10.9. The minimum atomic E-state index is -0.482. The number of nitrogen functional groups attached to an aromatic ring is 1. The van der Waals surface area contributed by atoms with Crippen LogP contribution in [0.4, 0.5) is 5.69 Å². The number of nitrogens with zero attached hydrogens (tertiary/aromatic N) is 2. The predicted octanol–water partition coefficient (Wildman–Crippen LogP) is 2.98. The van der Waals surface area contributed by atoms with Crippen molar-refractivity contribution in [1.82, 2.24) is 4.98 Å². The third-order valence-electron chi connectivity index (χ3n) is 2.74. The summed E-state index contributed by atoms with van der Waals surface area (Å²) >= 11 is 6.07. The molecule has 4 nitrogen and oxygen atoms in total. The second-order valence-electron chi connectivity index (χ2n) is 3.97. The Kier molecular flexibility index (Phi) is 3.88. The van der Waals surface area contributed by atoms with Gasteiger partial charge in [-0.05, 0) is 29.8 Å². The summed E-state index contributed by atoms with van der Waals surface area (Å²) in [5.74, 6) is 0.0939. The van der Waals surface area contributed by atoms with E-state index in [1.54, 1.807) is 37.4 Å². The highest BCUT2D eigenvalue weighted by molar-refractivity contribution is 6.32. The summed E-state index contributed by atoms with van der Waals surface area (Å²) < 4.78 is 5.09.